The lowest BCUT2D eigenvalue weighted by atomic mass is 10.0. The molecule has 2 N–H and O–H groups in total. The largest absolute Gasteiger partial charge is 0.478 e. The number of aryl methyl sites for hydroxylation is 2. The molecular weight excluding hydrogens is 290 g/mol. The van der Waals surface area contributed by atoms with Crippen molar-refractivity contribution >= 4 is 29.2 Å². The van der Waals surface area contributed by atoms with Crippen LogP contribution >= 0.6 is 11.6 Å². The molecule has 21 heavy (non-hydrogen) atoms. The minimum absolute atomic E-state index is 0.0406. The number of benzene rings is 2. The molecule has 108 valence electrons. The first-order chi connectivity index (χ1) is 9.88. The first-order valence-electron chi connectivity index (χ1n) is 6.30. The molecule has 0 aliphatic heterocycles. The van der Waals surface area contributed by atoms with Crippen LogP contribution < -0.4 is 5.32 Å². The molecule has 0 bridgehead atoms. The molecule has 0 heterocycles. The van der Waals surface area contributed by atoms with E-state index in [1.165, 1.54) is 18.2 Å². The number of amides is 1. The van der Waals surface area contributed by atoms with Gasteiger partial charge in [-0.3, -0.25) is 4.79 Å². The molecule has 0 unspecified atom stereocenters. The summed E-state index contributed by atoms with van der Waals surface area (Å²) in [4.78, 5) is 23.5. The molecule has 0 radical (unpaired) electrons. The quantitative estimate of drug-likeness (QED) is 0.903. The first-order valence-corrected chi connectivity index (χ1v) is 6.67. The molecule has 2 rings (SSSR count). The predicted molar refractivity (Wildman–Crippen MR) is 82.3 cm³/mol. The Morgan fingerprint density at radius 1 is 1.05 bits per heavy atom. The third-order valence-electron chi connectivity index (χ3n) is 3.10. The van der Waals surface area contributed by atoms with Crippen molar-refractivity contribution in [1.29, 1.82) is 0 Å². The number of carbonyl (C=O) groups excluding carboxylic acids is 1. The molecular formula is C16H14ClNO3. The van der Waals surface area contributed by atoms with Gasteiger partial charge in [-0.2, -0.15) is 0 Å². The van der Waals surface area contributed by atoms with Crippen molar-refractivity contribution in [2.75, 3.05) is 5.32 Å². The zero-order valence-corrected chi connectivity index (χ0v) is 12.4. The van der Waals surface area contributed by atoms with Crippen LogP contribution in [0.1, 0.15) is 31.8 Å². The van der Waals surface area contributed by atoms with E-state index in [0.29, 0.717) is 10.6 Å². The SMILES string of the molecule is Cc1ccc(C)c(C(=O)Nc2ccc(Cl)cc2C(=O)O)c1. The number of halogens is 1. The molecule has 0 saturated heterocycles. The summed E-state index contributed by atoms with van der Waals surface area (Å²) in [6, 6.07) is 9.85. The highest BCUT2D eigenvalue weighted by Gasteiger charge is 2.15. The number of nitrogens with one attached hydrogen (secondary N) is 1. The highest BCUT2D eigenvalue weighted by molar-refractivity contribution is 6.31. The van der Waals surface area contributed by atoms with Crippen molar-refractivity contribution < 1.29 is 14.7 Å². The summed E-state index contributed by atoms with van der Waals surface area (Å²) in [5.41, 5.74) is 2.48. The second-order valence-electron chi connectivity index (χ2n) is 4.77. The summed E-state index contributed by atoms with van der Waals surface area (Å²) in [6.45, 7) is 3.72. The van der Waals surface area contributed by atoms with Crippen molar-refractivity contribution in [3.63, 3.8) is 0 Å². The normalized spacial score (nSPS) is 10.2. The minimum Gasteiger partial charge on any atom is -0.478 e. The van der Waals surface area contributed by atoms with Crippen LogP contribution in [-0.2, 0) is 0 Å². The van der Waals surface area contributed by atoms with Gasteiger partial charge in [-0.05, 0) is 43.7 Å². The van der Waals surface area contributed by atoms with Gasteiger partial charge in [-0.25, -0.2) is 4.79 Å². The third-order valence-corrected chi connectivity index (χ3v) is 3.33. The van der Waals surface area contributed by atoms with Gasteiger partial charge < -0.3 is 10.4 Å². The number of carboxylic acids is 1. The fourth-order valence-electron chi connectivity index (χ4n) is 1.97. The molecule has 4 nitrogen and oxygen atoms in total. The van der Waals surface area contributed by atoms with Crippen LogP contribution in [0.5, 0.6) is 0 Å². The van der Waals surface area contributed by atoms with E-state index < -0.39 is 5.97 Å². The zero-order valence-electron chi connectivity index (χ0n) is 11.6. The van der Waals surface area contributed by atoms with Gasteiger partial charge in [0, 0.05) is 10.6 Å². The molecule has 2 aromatic carbocycles. The van der Waals surface area contributed by atoms with Gasteiger partial charge in [-0.1, -0.05) is 29.3 Å². The van der Waals surface area contributed by atoms with E-state index in [0.717, 1.165) is 11.1 Å². The Morgan fingerprint density at radius 2 is 1.76 bits per heavy atom. The maximum Gasteiger partial charge on any atom is 0.337 e. The van der Waals surface area contributed by atoms with E-state index in [9.17, 15) is 9.59 Å². The van der Waals surface area contributed by atoms with Crippen LogP contribution in [0.15, 0.2) is 36.4 Å². The lowest BCUT2D eigenvalue weighted by Gasteiger charge is -2.11. The fourth-order valence-corrected chi connectivity index (χ4v) is 2.14. The smallest absolute Gasteiger partial charge is 0.337 e. The van der Waals surface area contributed by atoms with Crippen molar-refractivity contribution in [2.24, 2.45) is 0 Å². The van der Waals surface area contributed by atoms with Crippen LogP contribution in [0.2, 0.25) is 5.02 Å². The Bertz CT molecular complexity index is 725. The van der Waals surface area contributed by atoms with Gasteiger partial charge in [0.05, 0.1) is 11.3 Å². The van der Waals surface area contributed by atoms with E-state index in [2.05, 4.69) is 5.32 Å². The topological polar surface area (TPSA) is 66.4 Å². The molecule has 0 spiro atoms. The van der Waals surface area contributed by atoms with E-state index in [4.69, 9.17) is 16.7 Å². The molecule has 0 atom stereocenters. The van der Waals surface area contributed by atoms with Gasteiger partial charge in [0.15, 0.2) is 0 Å². The summed E-state index contributed by atoms with van der Waals surface area (Å²) in [5, 5.41) is 12.1. The fraction of sp³-hybridized carbons (Fsp3) is 0.125. The molecule has 0 saturated carbocycles. The molecule has 1 amide bonds. The lowest BCUT2D eigenvalue weighted by Crippen LogP contribution is -2.16. The molecule has 5 heteroatoms. The number of hydrogen-bond donors (Lipinski definition) is 2. The van der Waals surface area contributed by atoms with Crippen LogP contribution in [0, 0.1) is 13.8 Å². The van der Waals surface area contributed by atoms with E-state index in [1.807, 2.05) is 26.0 Å². The Morgan fingerprint density at radius 3 is 2.43 bits per heavy atom. The van der Waals surface area contributed by atoms with Gasteiger partial charge in [0.25, 0.3) is 5.91 Å². The second-order valence-corrected chi connectivity index (χ2v) is 5.20. The first kappa shape index (κ1) is 15.1. The predicted octanol–water partition coefficient (Wildman–Crippen LogP) is 3.91. The van der Waals surface area contributed by atoms with Crippen LogP contribution in [0.4, 0.5) is 5.69 Å². The Hall–Kier alpha value is -2.33. The Balaban J connectivity index is 2.36. The highest BCUT2D eigenvalue weighted by atomic mass is 35.5. The monoisotopic (exact) mass is 303 g/mol. The molecule has 0 aliphatic carbocycles. The van der Waals surface area contributed by atoms with Gasteiger partial charge in [0.1, 0.15) is 0 Å². The number of anilines is 1. The number of carbonyl (C=O) groups is 2. The average Bonchev–Trinajstić information content (AvgIpc) is 2.43. The van der Waals surface area contributed by atoms with Crippen LogP contribution in [0.3, 0.4) is 0 Å². The molecule has 2 aromatic rings. The van der Waals surface area contributed by atoms with Crippen molar-refractivity contribution in [2.45, 2.75) is 13.8 Å². The summed E-state index contributed by atoms with van der Waals surface area (Å²) >= 11 is 5.78. The summed E-state index contributed by atoms with van der Waals surface area (Å²) in [7, 11) is 0. The number of rotatable bonds is 3. The van der Waals surface area contributed by atoms with Crippen molar-refractivity contribution in [1.82, 2.24) is 0 Å². The Labute approximate surface area is 127 Å². The number of hydrogen-bond acceptors (Lipinski definition) is 2. The average molecular weight is 304 g/mol. The van der Waals surface area contributed by atoms with E-state index >= 15 is 0 Å². The highest BCUT2D eigenvalue weighted by Crippen LogP contribution is 2.22. The standard InChI is InChI=1S/C16H14ClNO3/c1-9-3-4-10(2)12(7-9)15(19)18-14-6-5-11(17)8-13(14)16(20)21/h3-8H,1-2H3,(H,18,19)(H,20,21). The number of carboxylic acid groups (broad SMARTS) is 1. The van der Waals surface area contributed by atoms with Gasteiger partial charge in [-0.15, -0.1) is 0 Å². The van der Waals surface area contributed by atoms with Crippen molar-refractivity contribution in [3.05, 3.63) is 63.7 Å². The third kappa shape index (κ3) is 3.41. The van der Waals surface area contributed by atoms with E-state index in [-0.39, 0.29) is 17.2 Å². The van der Waals surface area contributed by atoms with Crippen molar-refractivity contribution in [3.8, 4) is 0 Å². The summed E-state index contributed by atoms with van der Waals surface area (Å²) in [6.07, 6.45) is 0. The van der Waals surface area contributed by atoms with Gasteiger partial charge in [0.2, 0.25) is 0 Å². The molecule has 0 aliphatic rings. The maximum atomic E-state index is 12.3. The summed E-state index contributed by atoms with van der Waals surface area (Å²) in [5.74, 6) is -1.49. The number of aromatic carboxylic acids is 1. The van der Waals surface area contributed by atoms with Gasteiger partial charge >= 0.3 is 5.97 Å². The van der Waals surface area contributed by atoms with Crippen LogP contribution in [-0.4, -0.2) is 17.0 Å². The minimum atomic E-state index is -1.14. The zero-order chi connectivity index (χ0) is 15.6. The maximum absolute atomic E-state index is 12.3. The molecule has 0 aromatic heterocycles. The van der Waals surface area contributed by atoms with Crippen LogP contribution in [0.25, 0.3) is 0 Å². The summed E-state index contributed by atoms with van der Waals surface area (Å²) < 4.78 is 0. The second kappa shape index (κ2) is 5.97. The van der Waals surface area contributed by atoms with E-state index in [1.54, 1.807) is 6.07 Å². The Kier molecular flexibility index (Phi) is 4.29. The lowest BCUT2D eigenvalue weighted by molar-refractivity contribution is 0.0698. The molecule has 0 fully saturated rings.